The molecule has 1 rings (SSSR count). The minimum Gasteiger partial charge on any atom is -0.343 e. The summed E-state index contributed by atoms with van der Waals surface area (Å²) >= 11 is 0. The Labute approximate surface area is 94.0 Å². The van der Waals surface area contributed by atoms with Crippen molar-refractivity contribution in [3.63, 3.8) is 0 Å². The molecular formula is C13H25NO. The molecule has 1 heterocycles. The van der Waals surface area contributed by atoms with Gasteiger partial charge in [0.15, 0.2) is 0 Å². The normalized spacial score (nSPS) is 20.7. The average Bonchev–Trinajstić information content (AvgIpc) is 2.18. The second-order valence-electron chi connectivity index (χ2n) is 5.41. The van der Waals surface area contributed by atoms with Crippen LogP contribution in [0.4, 0.5) is 0 Å². The molecular weight excluding hydrogens is 186 g/mol. The first-order chi connectivity index (χ1) is 7.00. The van der Waals surface area contributed by atoms with E-state index in [-0.39, 0.29) is 5.91 Å². The van der Waals surface area contributed by atoms with Gasteiger partial charge in [-0.2, -0.15) is 0 Å². The number of piperidine rings is 1. The Balaban J connectivity index is 2.28. The van der Waals surface area contributed by atoms with Gasteiger partial charge in [-0.3, -0.25) is 4.79 Å². The predicted octanol–water partition coefficient (Wildman–Crippen LogP) is 2.93. The molecule has 0 N–H and O–H groups in total. The Morgan fingerprint density at radius 1 is 1.27 bits per heavy atom. The van der Waals surface area contributed by atoms with Crippen LogP contribution in [0.1, 0.15) is 47.0 Å². The molecule has 0 aromatic heterocycles. The van der Waals surface area contributed by atoms with Crippen molar-refractivity contribution in [2.45, 2.75) is 47.0 Å². The standard InChI is InChI=1S/C13H25NO/c1-10(2)11(3)9-13-5-7-14(8-6-13)12(4)15/h10-11,13H,5-9H2,1-4H3. The summed E-state index contributed by atoms with van der Waals surface area (Å²) in [6.45, 7) is 10.6. The third kappa shape index (κ3) is 3.84. The van der Waals surface area contributed by atoms with E-state index in [1.807, 2.05) is 4.90 Å². The van der Waals surface area contributed by atoms with Gasteiger partial charge >= 0.3 is 0 Å². The Kier molecular flexibility index (Phi) is 4.62. The summed E-state index contributed by atoms with van der Waals surface area (Å²) in [7, 11) is 0. The van der Waals surface area contributed by atoms with Crippen LogP contribution < -0.4 is 0 Å². The Bertz CT molecular complexity index is 205. The van der Waals surface area contributed by atoms with Gasteiger partial charge in [0.25, 0.3) is 0 Å². The van der Waals surface area contributed by atoms with E-state index in [4.69, 9.17) is 0 Å². The summed E-state index contributed by atoms with van der Waals surface area (Å²) in [6, 6.07) is 0. The molecule has 0 saturated carbocycles. The fraction of sp³-hybridized carbons (Fsp3) is 0.923. The molecule has 0 radical (unpaired) electrons. The van der Waals surface area contributed by atoms with E-state index in [0.29, 0.717) is 0 Å². The molecule has 0 aromatic carbocycles. The molecule has 0 aromatic rings. The third-order valence-electron chi connectivity index (χ3n) is 3.90. The number of nitrogens with zero attached hydrogens (tertiary/aromatic N) is 1. The minimum atomic E-state index is 0.241. The number of rotatable bonds is 3. The maximum Gasteiger partial charge on any atom is 0.219 e. The number of likely N-dealkylation sites (tertiary alicyclic amines) is 1. The van der Waals surface area contributed by atoms with Crippen LogP contribution in [0, 0.1) is 17.8 Å². The van der Waals surface area contributed by atoms with Crippen molar-refractivity contribution in [3.05, 3.63) is 0 Å². The van der Waals surface area contributed by atoms with Gasteiger partial charge in [0.2, 0.25) is 5.91 Å². The molecule has 2 nitrogen and oxygen atoms in total. The first kappa shape index (κ1) is 12.5. The fourth-order valence-electron chi connectivity index (χ4n) is 2.28. The van der Waals surface area contributed by atoms with Crippen LogP contribution in [0.3, 0.4) is 0 Å². The molecule has 15 heavy (non-hydrogen) atoms. The van der Waals surface area contributed by atoms with Gasteiger partial charge in [0.05, 0.1) is 0 Å². The van der Waals surface area contributed by atoms with Crippen molar-refractivity contribution in [1.82, 2.24) is 4.90 Å². The molecule has 1 amide bonds. The lowest BCUT2D eigenvalue weighted by Crippen LogP contribution is -2.37. The van der Waals surface area contributed by atoms with Crippen LogP contribution in [0.2, 0.25) is 0 Å². The monoisotopic (exact) mass is 211 g/mol. The summed E-state index contributed by atoms with van der Waals surface area (Å²) in [6.07, 6.45) is 3.75. The number of carbonyl (C=O) groups is 1. The summed E-state index contributed by atoms with van der Waals surface area (Å²) in [5.41, 5.74) is 0. The lowest BCUT2D eigenvalue weighted by Gasteiger charge is -2.33. The molecule has 1 atom stereocenters. The van der Waals surface area contributed by atoms with Gasteiger partial charge in [-0.15, -0.1) is 0 Å². The minimum absolute atomic E-state index is 0.241. The van der Waals surface area contributed by atoms with E-state index in [0.717, 1.165) is 30.8 Å². The zero-order valence-electron chi connectivity index (χ0n) is 10.6. The van der Waals surface area contributed by atoms with Gasteiger partial charge in [-0.1, -0.05) is 20.8 Å². The molecule has 1 unspecified atom stereocenters. The van der Waals surface area contributed by atoms with Crippen LogP contribution in [0.25, 0.3) is 0 Å². The number of carbonyl (C=O) groups excluding carboxylic acids is 1. The predicted molar refractivity (Wildman–Crippen MR) is 63.6 cm³/mol. The van der Waals surface area contributed by atoms with Crippen LogP contribution in [-0.4, -0.2) is 23.9 Å². The largest absolute Gasteiger partial charge is 0.343 e. The van der Waals surface area contributed by atoms with Crippen LogP contribution in [0.15, 0.2) is 0 Å². The van der Waals surface area contributed by atoms with Gasteiger partial charge in [0, 0.05) is 20.0 Å². The van der Waals surface area contributed by atoms with Crippen molar-refractivity contribution in [1.29, 1.82) is 0 Å². The Morgan fingerprint density at radius 3 is 2.20 bits per heavy atom. The molecule has 1 aliphatic rings. The van der Waals surface area contributed by atoms with E-state index in [1.54, 1.807) is 6.92 Å². The zero-order chi connectivity index (χ0) is 11.4. The second-order valence-corrected chi connectivity index (χ2v) is 5.41. The van der Waals surface area contributed by atoms with E-state index >= 15 is 0 Å². The number of amides is 1. The van der Waals surface area contributed by atoms with Crippen LogP contribution in [0.5, 0.6) is 0 Å². The van der Waals surface area contributed by atoms with E-state index in [9.17, 15) is 4.79 Å². The van der Waals surface area contributed by atoms with E-state index < -0.39 is 0 Å². The van der Waals surface area contributed by atoms with Crippen molar-refractivity contribution in [2.24, 2.45) is 17.8 Å². The lowest BCUT2D eigenvalue weighted by molar-refractivity contribution is -0.130. The first-order valence-corrected chi connectivity index (χ1v) is 6.26. The summed E-state index contributed by atoms with van der Waals surface area (Å²) in [5, 5.41) is 0. The molecule has 88 valence electrons. The van der Waals surface area contributed by atoms with Gasteiger partial charge in [0.1, 0.15) is 0 Å². The summed E-state index contributed by atoms with van der Waals surface area (Å²) < 4.78 is 0. The highest BCUT2D eigenvalue weighted by Crippen LogP contribution is 2.27. The quantitative estimate of drug-likeness (QED) is 0.703. The highest BCUT2D eigenvalue weighted by Gasteiger charge is 2.22. The van der Waals surface area contributed by atoms with Gasteiger partial charge < -0.3 is 4.90 Å². The van der Waals surface area contributed by atoms with Gasteiger partial charge in [-0.25, -0.2) is 0 Å². The highest BCUT2D eigenvalue weighted by molar-refractivity contribution is 5.73. The topological polar surface area (TPSA) is 20.3 Å². The maximum atomic E-state index is 11.2. The summed E-state index contributed by atoms with van der Waals surface area (Å²) in [4.78, 5) is 13.1. The van der Waals surface area contributed by atoms with E-state index in [2.05, 4.69) is 20.8 Å². The molecule has 1 saturated heterocycles. The Morgan fingerprint density at radius 2 is 1.80 bits per heavy atom. The smallest absolute Gasteiger partial charge is 0.219 e. The maximum absolute atomic E-state index is 11.2. The highest BCUT2D eigenvalue weighted by atomic mass is 16.2. The fourth-order valence-corrected chi connectivity index (χ4v) is 2.28. The average molecular weight is 211 g/mol. The molecule has 0 spiro atoms. The third-order valence-corrected chi connectivity index (χ3v) is 3.90. The van der Waals surface area contributed by atoms with Crippen LogP contribution in [-0.2, 0) is 4.79 Å². The van der Waals surface area contributed by atoms with Crippen molar-refractivity contribution < 1.29 is 4.79 Å². The Hall–Kier alpha value is -0.530. The summed E-state index contributed by atoms with van der Waals surface area (Å²) in [5.74, 6) is 2.69. The number of hydrogen-bond acceptors (Lipinski definition) is 1. The van der Waals surface area contributed by atoms with E-state index in [1.165, 1.54) is 19.3 Å². The molecule has 1 fully saturated rings. The van der Waals surface area contributed by atoms with Crippen molar-refractivity contribution >= 4 is 5.91 Å². The molecule has 0 bridgehead atoms. The zero-order valence-corrected chi connectivity index (χ0v) is 10.6. The molecule has 2 heteroatoms. The van der Waals surface area contributed by atoms with Gasteiger partial charge in [-0.05, 0) is 37.0 Å². The van der Waals surface area contributed by atoms with Crippen LogP contribution >= 0.6 is 0 Å². The number of hydrogen-bond donors (Lipinski definition) is 0. The van der Waals surface area contributed by atoms with Crippen molar-refractivity contribution in [3.8, 4) is 0 Å². The first-order valence-electron chi connectivity index (χ1n) is 6.26. The molecule has 0 aliphatic carbocycles. The van der Waals surface area contributed by atoms with Crippen molar-refractivity contribution in [2.75, 3.05) is 13.1 Å². The SMILES string of the molecule is CC(=O)N1CCC(CC(C)C(C)C)CC1. The lowest BCUT2D eigenvalue weighted by atomic mass is 9.83. The molecule has 1 aliphatic heterocycles. The second kappa shape index (κ2) is 5.53.